The molecule has 0 saturated carbocycles. The standard InChI is InChI=1S/C9H13BClNO4S/c1-7(11)6-17(15,16)12-9-4-2-8(3-5-9)10(13)14/h2-5,7,12-14H,6H2,1H3. The molecular weight excluding hydrogens is 264 g/mol. The Hall–Kier alpha value is -0.755. The van der Waals surface area contributed by atoms with Gasteiger partial charge in [-0.3, -0.25) is 4.72 Å². The minimum atomic E-state index is -3.47. The summed E-state index contributed by atoms with van der Waals surface area (Å²) in [5.74, 6) is -0.182. The molecule has 0 spiro atoms. The molecule has 0 fully saturated rings. The quantitative estimate of drug-likeness (QED) is 0.511. The van der Waals surface area contributed by atoms with E-state index in [0.717, 1.165) is 0 Å². The molecule has 0 aliphatic rings. The van der Waals surface area contributed by atoms with Gasteiger partial charge in [0.2, 0.25) is 10.0 Å². The molecule has 0 aromatic heterocycles. The molecule has 0 aliphatic carbocycles. The number of nitrogens with one attached hydrogen (secondary N) is 1. The highest BCUT2D eigenvalue weighted by Gasteiger charge is 2.15. The third-order valence-electron chi connectivity index (χ3n) is 1.93. The summed E-state index contributed by atoms with van der Waals surface area (Å²) < 4.78 is 25.4. The summed E-state index contributed by atoms with van der Waals surface area (Å²) in [6.45, 7) is 1.59. The van der Waals surface area contributed by atoms with Gasteiger partial charge in [0.25, 0.3) is 0 Å². The lowest BCUT2D eigenvalue weighted by molar-refractivity contribution is 0.426. The van der Waals surface area contributed by atoms with E-state index in [1.807, 2.05) is 0 Å². The third-order valence-corrected chi connectivity index (χ3v) is 3.75. The number of rotatable bonds is 5. The van der Waals surface area contributed by atoms with Gasteiger partial charge in [-0.05, 0) is 24.5 Å². The second-order valence-electron chi connectivity index (χ2n) is 3.66. The number of hydrogen-bond donors (Lipinski definition) is 3. The number of hydrogen-bond acceptors (Lipinski definition) is 4. The van der Waals surface area contributed by atoms with Gasteiger partial charge in [0, 0.05) is 11.1 Å². The molecule has 0 saturated heterocycles. The predicted octanol–water partition coefficient (Wildman–Crippen LogP) is -0.265. The normalized spacial score (nSPS) is 13.2. The lowest BCUT2D eigenvalue weighted by atomic mass is 9.80. The van der Waals surface area contributed by atoms with Gasteiger partial charge in [-0.2, -0.15) is 0 Å². The lowest BCUT2D eigenvalue weighted by Gasteiger charge is -2.09. The summed E-state index contributed by atoms with van der Waals surface area (Å²) in [6.07, 6.45) is 0. The van der Waals surface area contributed by atoms with Crippen molar-refractivity contribution in [3.8, 4) is 0 Å². The van der Waals surface area contributed by atoms with Gasteiger partial charge >= 0.3 is 7.12 Å². The summed E-state index contributed by atoms with van der Waals surface area (Å²) in [5, 5.41) is 17.3. The molecular formula is C9H13BClNO4S. The van der Waals surface area contributed by atoms with Crippen molar-refractivity contribution >= 4 is 39.9 Å². The molecule has 1 aromatic carbocycles. The van der Waals surface area contributed by atoms with Crippen LogP contribution in [0.15, 0.2) is 24.3 Å². The first-order chi connectivity index (χ1) is 7.80. The van der Waals surface area contributed by atoms with Crippen LogP contribution in [0.4, 0.5) is 5.69 Å². The van der Waals surface area contributed by atoms with E-state index < -0.39 is 22.5 Å². The molecule has 17 heavy (non-hydrogen) atoms. The Morgan fingerprint density at radius 3 is 2.29 bits per heavy atom. The Balaban J connectivity index is 2.76. The van der Waals surface area contributed by atoms with Crippen LogP contribution in [0.3, 0.4) is 0 Å². The zero-order chi connectivity index (χ0) is 13.1. The molecule has 0 radical (unpaired) electrons. The van der Waals surface area contributed by atoms with Crippen molar-refractivity contribution in [1.82, 2.24) is 0 Å². The molecule has 1 aromatic rings. The van der Waals surface area contributed by atoms with Crippen molar-refractivity contribution in [3.05, 3.63) is 24.3 Å². The molecule has 1 atom stereocenters. The van der Waals surface area contributed by atoms with E-state index in [-0.39, 0.29) is 5.75 Å². The van der Waals surface area contributed by atoms with Crippen LogP contribution in [-0.4, -0.2) is 36.7 Å². The van der Waals surface area contributed by atoms with Crippen LogP contribution in [0.1, 0.15) is 6.92 Å². The number of anilines is 1. The molecule has 1 rings (SSSR count). The van der Waals surface area contributed by atoms with Crippen LogP contribution >= 0.6 is 11.6 Å². The van der Waals surface area contributed by atoms with Crippen LogP contribution in [0.2, 0.25) is 0 Å². The van der Waals surface area contributed by atoms with Crippen LogP contribution in [0.25, 0.3) is 0 Å². The second-order valence-corrected chi connectivity index (χ2v) is 6.17. The predicted molar refractivity (Wildman–Crippen MR) is 69.0 cm³/mol. The Morgan fingerprint density at radius 2 is 1.88 bits per heavy atom. The van der Waals surface area contributed by atoms with Crippen molar-refractivity contribution < 1.29 is 18.5 Å². The third kappa shape index (κ3) is 4.95. The maximum absolute atomic E-state index is 11.5. The van der Waals surface area contributed by atoms with Crippen molar-refractivity contribution in [2.75, 3.05) is 10.5 Å². The fourth-order valence-electron chi connectivity index (χ4n) is 1.25. The van der Waals surface area contributed by atoms with Gasteiger partial charge in [0.05, 0.1) is 5.75 Å². The maximum Gasteiger partial charge on any atom is 0.488 e. The zero-order valence-corrected chi connectivity index (χ0v) is 10.7. The maximum atomic E-state index is 11.5. The van der Waals surface area contributed by atoms with Gasteiger partial charge in [0.1, 0.15) is 0 Å². The SMILES string of the molecule is CC(Cl)CS(=O)(=O)Nc1ccc(B(O)O)cc1. The van der Waals surface area contributed by atoms with E-state index in [0.29, 0.717) is 11.2 Å². The fourth-order valence-corrected chi connectivity index (χ4v) is 2.93. The average molecular weight is 278 g/mol. The highest BCUT2D eigenvalue weighted by atomic mass is 35.5. The Kier molecular flexibility index (Phi) is 4.82. The lowest BCUT2D eigenvalue weighted by Crippen LogP contribution is -2.29. The van der Waals surface area contributed by atoms with Gasteiger partial charge in [-0.15, -0.1) is 11.6 Å². The smallest absolute Gasteiger partial charge is 0.423 e. The van der Waals surface area contributed by atoms with E-state index in [1.165, 1.54) is 24.3 Å². The minimum Gasteiger partial charge on any atom is -0.423 e. The van der Waals surface area contributed by atoms with E-state index >= 15 is 0 Å². The van der Waals surface area contributed by atoms with Crippen LogP contribution < -0.4 is 10.2 Å². The minimum absolute atomic E-state index is 0.182. The molecule has 0 heterocycles. The van der Waals surface area contributed by atoms with Crippen molar-refractivity contribution in [1.29, 1.82) is 0 Å². The van der Waals surface area contributed by atoms with Gasteiger partial charge in [-0.1, -0.05) is 12.1 Å². The van der Waals surface area contributed by atoms with Crippen LogP contribution in [-0.2, 0) is 10.0 Å². The molecule has 0 bridgehead atoms. The van der Waals surface area contributed by atoms with Crippen LogP contribution in [0, 0.1) is 0 Å². The largest absolute Gasteiger partial charge is 0.488 e. The zero-order valence-electron chi connectivity index (χ0n) is 9.17. The van der Waals surface area contributed by atoms with Gasteiger partial charge in [0.15, 0.2) is 0 Å². The molecule has 5 nitrogen and oxygen atoms in total. The first-order valence-corrected chi connectivity index (χ1v) is 7.00. The summed E-state index contributed by atoms with van der Waals surface area (Å²) in [5.41, 5.74) is 0.644. The summed E-state index contributed by atoms with van der Waals surface area (Å²) in [7, 11) is -5.04. The summed E-state index contributed by atoms with van der Waals surface area (Å²) >= 11 is 5.61. The van der Waals surface area contributed by atoms with E-state index in [1.54, 1.807) is 6.92 Å². The number of alkyl halides is 1. The van der Waals surface area contributed by atoms with Gasteiger partial charge in [-0.25, -0.2) is 8.42 Å². The highest BCUT2D eigenvalue weighted by Crippen LogP contribution is 2.09. The molecule has 0 aliphatic heterocycles. The molecule has 3 N–H and O–H groups in total. The van der Waals surface area contributed by atoms with Crippen molar-refractivity contribution in [2.24, 2.45) is 0 Å². The monoisotopic (exact) mass is 277 g/mol. The highest BCUT2D eigenvalue weighted by molar-refractivity contribution is 7.92. The van der Waals surface area contributed by atoms with Crippen molar-refractivity contribution in [2.45, 2.75) is 12.3 Å². The topological polar surface area (TPSA) is 86.6 Å². The number of benzene rings is 1. The van der Waals surface area contributed by atoms with Gasteiger partial charge < -0.3 is 10.0 Å². The molecule has 94 valence electrons. The van der Waals surface area contributed by atoms with Crippen LogP contribution in [0.5, 0.6) is 0 Å². The number of halogens is 1. The molecule has 8 heteroatoms. The first kappa shape index (κ1) is 14.3. The average Bonchev–Trinajstić information content (AvgIpc) is 2.15. The molecule has 1 unspecified atom stereocenters. The summed E-state index contributed by atoms with van der Waals surface area (Å²) in [6, 6.07) is 5.75. The Morgan fingerprint density at radius 1 is 1.35 bits per heavy atom. The van der Waals surface area contributed by atoms with E-state index in [9.17, 15) is 8.42 Å². The number of sulfonamides is 1. The van der Waals surface area contributed by atoms with E-state index in [2.05, 4.69) is 4.72 Å². The Labute approximate surface area is 106 Å². The fraction of sp³-hybridized carbons (Fsp3) is 0.333. The Bertz CT molecular complexity index is 460. The van der Waals surface area contributed by atoms with E-state index in [4.69, 9.17) is 21.6 Å². The first-order valence-electron chi connectivity index (χ1n) is 4.91. The molecule has 0 amide bonds. The summed E-state index contributed by atoms with van der Waals surface area (Å²) in [4.78, 5) is 0. The second kappa shape index (κ2) is 5.73. The van der Waals surface area contributed by atoms with Crippen molar-refractivity contribution in [3.63, 3.8) is 0 Å².